The van der Waals surface area contributed by atoms with Gasteiger partial charge in [0, 0.05) is 35.4 Å². The van der Waals surface area contributed by atoms with Crippen LogP contribution in [0.5, 0.6) is 0 Å². The number of hydrogen-bond acceptors (Lipinski definition) is 6. The number of anilines is 2. The minimum Gasteiger partial charge on any atom is -0.317 e. The Morgan fingerprint density at radius 2 is 1.61 bits per heavy atom. The molecule has 1 saturated heterocycles. The fourth-order valence-corrected chi connectivity index (χ4v) is 6.54. The molecule has 1 unspecified atom stereocenters. The van der Waals surface area contributed by atoms with Crippen molar-refractivity contribution in [1.82, 2.24) is 15.1 Å². The molecule has 5 rings (SSSR count). The molecule has 1 fully saturated rings. The summed E-state index contributed by atoms with van der Waals surface area (Å²) >= 11 is 0. The summed E-state index contributed by atoms with van der Waals surface area (Å²) in [5.74, 6) is 0.556. The first-order valence-corrected chi connectivity index (χ1v) is 17.6. The van der Waals surface area contributed by atoms with Crippen molar-refractivity contribution in [2.75, 3.05) is 30.0 Å². The molecule has 0 aliphatic carbocycles. The summed E-state index contributed by atoms with van der Waals surface area (Å²) in [6, 6.07) is 23.2. The number of nitrogens with zero attached hydrogens (tertiary/aromatic N) is 2. The molecule has 0 bridgehead atoms. The lowest BCUT2D eigenvalue weighted by Crippen LogP contribution is -2.32. The maximum atomic E-state index is 13.6. The summed E-state index contributed by atoms with van der Waals surface area (Å²) in [6.45, 7) is 9.98. The Labute approximate surface area is 271 Å². The number of sulfone groups is 1. The third kappa shape index (κ3) is 7.92. The molecule has 2 amide bonds. The molecular formula is C36H43N5O4S. The van der Waals surface area contributed by atoms with Crippen LogP contribution < -0.4 is 16.0 Å². The zero-order valence-electron chi connectivity index (χ0n) is 27.1. The van der Waals surface area contributed by atoms with Crippen molar-refractivity contribution in [1.29, 1.82) is 0 Å². The topological polar surface area (TPSA) is 122 Å². The summed E-state index contributed by atoms with van der Waals surface area (Å²) in [5, 5.41) is 14.3. The normalized spacial score (nSPS) is 14.9. The van der Waals surface area contributed by atoms with Crippen molar-refractivity contribution in [3.05, 3.63) is 101 Å². The molecule has 0 saturated carbocycles. The van der Waals surface area contributed by atoms with Gasteiger partial charge in [-0.3, -0.25) is 10.1 Å². The summed E-state index contributed by atoms with van der Waals surface area (Å²) in [4.78, 5) is 27.4. The maximum absolute atomic E-state index is 13.6. The van der Waals surface area contributed by atoms with Crippen LogP contribution in [0.2, 0.25) is 0 Å². The van der Waals surface area contributed by atoms with E-state index in [1.165, 1.54) is 12.1 Å². The predicted octanol–water partition coefficient (Wildman–Crippen LogP) is 6.88. The summed E-state index contributed by atoms with van der Waals surface area (Å²) in [6.07, 6.45) is 3.18. The van der Waals surface area contributed by atoms with Crippen molar-refractivity contribution in [2.24, 2.45) is 5.92 Å². The molecule has 1 atom stereocenters. The van der Waals surface area contributed by atoms with Crippen LogP contribution in [0.15, 0.2) is 83.8 Å². The second-order valence-electron chi connectivity index (χ2n) is 13.2. The van der Waals surface area contributed by atoms with E-state index in [1.807, 2.05) is 61.5 Å². The van der Waals surface area contributed by atoms with Crippen molar-refractivity contribution >= 4 is 33.2 Å². The molecule has 3 aromatic carbocycles. The lowest BCUT2D eigenvalue weighted by atomic mass is 9.76. The first-order valence-electron chi connectivity index (χ1n) is 15.7. The van der Waals surface area contributed by atoms with E-state index in [4.69, 9.17) is 5.10 Å². The van der Waals surface area contributed by atoms with E-state index in [9.17, 15) is 18.0 Å². The van der Waals surface area contributed by atoms with E-state index >= 15 is 0 Å². The second-order valence-corrected chi connectivity index (χ2v) is 15.2. The van der Waals surface area contributed by atoms with E-state index in [1.54, 1.807) is 16.8 Å². The van der Waals surface area contributed by atoms with Gasteiger partial charge in [0.2, 0.25) is 0 Å². The number of aryl methyl sites for hydroxylation is 1. The molecule has 1 aromatic heterocycles. The zero-order valence-corrected chi connectivity index (χ0v) is 27.9. The van der Waals surface area contributed by atoms with Gasteiger partial charge in [-0.25, -0.2) is 17.9 Å². The first kappa shape index (κ1) is 33.1. The third-order valence-corrected chi connectivity index (χ3v) is 9.70. The van der Waals surface area contributed by atoms with E-state index < -0.39 is 15.9 Å². The number of Topliss-reactive ketones (excluding diaryl/α,β-unsaturated/α-hetero) is 1. The SMILES string of the molecule is Cc1ccc(-n2nc(C(C)(C)C)cc2NC(=O)Nc2ccccc2C(CC(=O)c2ccc(S(C)(=O)=O)cc2)C2CCNCC2)cc1. The second kappa shape index (κ2) is 13.6. The van der Waals surface area contributed by atoms with Crippen molar-refractivity contribution in [3.8, 4) is 5.69 Å². The number of hydrogen-bond donors (Lipinski definition) is 3. The molecular weight excluding hydrogens is 598 g/mol. The van der Waals surface area contributed by atoms with Crippen LogP contribution in [0.3, 0.4) is 0 Å². The number of rotatable bonds is 9. The van der Waals surface area contributed by atoms with E-state index in [0.717, 1.165) is 54.7 Å². The van der Waals surface area contributed by atoms with Gasteiger partial charge < -0.3 is 10.6 Å². The number of carbonyl (C=O) groups excluding carboxylic acids is 2. The smallest absolute Gasteiger partial charge is 0.317 e. The molecule has 1 aliphatic rings. The highest BCUT2D eigenvalue weighted by atomic mass is 32.2. The standard InChI is InChI=1S/C36H43N5O4S/c1-24-10-14-27(15-11-24)41-34(23-33(40-41)36(2,3)4)39-35(43)38-31-9-7-6-8-29(31)30(25-18-20-37-21-19-25)22-32(42)26-12-16-28(17-13-26)46(5,44)45/h6-17,23,25,30,37H,18-22H2,1-5H3,(H2,38,39,43). The molecule has 3 N–H and O–H groups in total. The molecule has 242 valence electrons. The number of carbonyl (C=O) groups is 2. The Kier molecular flexibility index (Phi) is 9.79. The molecule has 10 heteroatoms. The summed E-state index contributed by atoms with van der Waals surface area (Å²) in [5.41, 5.74) is 4.59. The van der Waals surface area contributed by atoms with Gasteiger partial charge in [0.25, 0.3) is 0 Å². The van der Waals surface area contributed by atoms with Gasteiger partial charge in [-0.1, -0.05) is 68.8 Å². The molecule has 1 aliphatic heterocycles. The van der Waals surface area contributed by atoms with Gasteiger partial charge in [-0.2, -0.15) is 5.10 Å². The van der Waals surface area contributed by atoms with Crippen LogP contribution in [0.25, 0.3) is 5.69 Å². The quantitative estimate of drug-likeness (QED) is 0.171. The Morgan fingerprint density at radius 3 is 2.24 bits per heavy atom. The van der Waals surface area contributed by atoms with Crippen LogP contribution >= 0.6 is 0 Å². The van der Waals surface area contributed by atoms with Gasteiger partial charge in [-0.05, 0) is 80.6 Å². The minimum absolute atomic E-state index is 0.0699. The van der Waals surface area contributed by atoms with Gasteiger partial charge >= 0.3 is 6.03 Å². The van der Waals surface area contributed by atoms with E-state index in [0.29, 0.717) is 17.1 Å². The van der Waals surface area contributed by atoms with Crippen LogP contribution in [0.4, 0.5) is 16.3 Å². The van der Waals surface area contributed by atoms with E-state index in [2.05, 4.69) is 36.7 Å². The average Bonchev–Trinajstić information content (AvgIpc) is 3.45. The Morgan fingerprint density at radius 1 is 0.957 bits per heavy atom. The largest absolute Gasteiger partial charge is 0.324 e. The van der Waals surface area contributed by atoms with Crippen molar-refractivity contribution in [3.63, 3.8) is 0 Å². The molecule has 46 heavy (non-hydrogen) atoms. The third-order valence-electron chi connectivity index (χ3n) is 8.57. The first-order chi connectivity index (χ1) is 21.8. The van der Waals surface area contributed by atoms with Crippen LogP contribution in [-0.4, -0.2) is 49.4 Å². The molecule has 2 heterocycles. The fraction of sp³-hybridized carbons (Fsp3) is 0.361. The summed E-state index contributed by atoms with van der Waals surface area (Å²) in [7, 11) is -3.36. The number of benzene rings is 3. The highest BCUT2D eigenvalue weighted by molar-refractivity contribution is 7.90. The monoisotopic (exact) mass is 641 g/mol. The number of aromatic nitrogens is 2. The Hall–Kier alpha value is -4.28. The van der Waals surface area contributed by atoms with Crippen LogP contribution in [-0.2, 0) is 15.3 Å². The highest BCUT2D eigenvalue weighted by Crippen LogP contribution is 2.38. The Bertz CT molecular complexity index is 1800. The van der Waals surface area contributed by atoms with Crippen molar-refractivity contribution in [2.45, 2.75) is 63.2 Å². The summed E-state index contributed by atoms with van der Waals surface area (Å²) < 4.78 is 25.6. The number of nitrogens with one attached hydrogen (secondary N) is 3. The number of para-hydroxylation sites is 1. The average molecular weight is 642 g/mol. The molecule has 0 spiro atoms. The fourth-order valence-electron chi connectivity index (χ4n) is 5.91. The molecule has 9 nitrogen and oxygen atoms in total. The van der Waals surface area contributed by atoms with Gasteiger partial charge in [0.15, 0.2) is 15.6 Å². The Balaban J connectivity index is 1.42. The van der Waals surface area contributed by atoms with Gasteiger partial charge in [0.05, 0.1) is 16.3 Å². The number of urea groups is 1. The molecule has 0 radical (unpaired) electrons. The maximum Gasteiger partial charge on any atom is 0.324 e. The number of piperidine rings is 1. The van der Waals surface area contributed by atoms with Crippen LogP contribution in [0.1, 0.15) is 73.1 Å². The molecule has 4 aromatic rings. The predicted molar refractivity (Wildman–Crippen MR) is 183 cm³/mol. The van der Waals surface area contributed by atoms with Crippen LogP contribution in [0, 0.1) is 12.8 Å². The van der Waals surface area contributed by atoms with Crippen molar-refractivity contribution < 1.29 is 18.0 Å². The zero-order chi connectivity index (χ0) is 33.1. The minimum atomic E-state index is -3.36. The lowest BCUT2D eigenvalue weighted by Gasteiger charge is -2.32. The lowest BCUT2D eigenvalue weighted by molar-refractivity contribution is 0.0959. The van der Waals surface area contributed by atoms with Gasteiger partial charge in [0.1, 0.15) is 5.82 Å². The number of ketones is 1. The van der Waals surface area contributed by atoms with Gasteiger partial charge in [-0.15, -0.1) is 0 Å². The highest BCUT2D eigenvalue weighted by Gasteiger charge is 2.30. The van der Waals surface area contributed by atoms with E-state index in [-0.39, 0.29) is 34.4 Å². The number of amides is 2.